The zero-order valence-corrected chi connectivity index (χ0v) is 14.3. The van der Waals surface area contributed by atoms with Gasteiger partial charge in [0.25, 0.3) is 0 Å². The fourth-order valence-corrected chi connectivity index (χ4v) is 4.38. The third-order valence-electron chi connectivity index (χ3n) is 4.87. The van der Waals surface area contributed by atoms with E-state index < -0.39 is 0 Å². The van der Waals surface area contributed by atoms with E-state index in [1.807, 2.05) is 18.0 Å². The van der Waals surface area contributed by atoms with Crippen molar-refractivity contribution < 1.29 is 9.53 Å². The van der Waals surface area contributed by atoms with Crippen molar-refractivity contribution in [3.05, 3.63) is 16.1 Å². The summed E-state index contributed by atoms with van der Waals surface area (Å²) >= 11 is 1.78. The Morgan fingerprint density at radius 2 is 2.32 bits per heavy atom. The minimum Gasteiger partial charge on any atom is -0.372 e. The zero-order chi connectivity index (χ0) is 15.6. The SMILES string of the molecule is CCOCC(=O)N1CCC[C@]2(CCN2Cc2cnc(C)s2)C1. The van der Waals surface area contributed by atoms with Gasteiger partial charge in [0.15, 0.2) is 0 Å². The van der Waals surface area contributed by atoms with Gasteiger partial charge in [-0.25, -0.2) is 4.98 Å². The van der Waals surface area contributed by atoms with E-state index in [0.29, 0.717) is 6.61 Å². The van der Waals surface area contributed by atoms with Crippen LogP contribution < -0.4 is 0 Å². The molecule has 0 aliphatic carbocycles. The van der Waals surface area contributed by atoms with E-state index >= 15 is 0 Å². The van der Waals surface area contributed by atoms with Gasteiger partial charge >= 0.3 is 0 Å². The maximum atomic E-state index is 12.2. The van der Waals surface area contributed by atoms with Crippen LogP contribution in [0.4, 0.5) is 0 Å². The van der Waals surface area contributed by atoms with Crippen LogP contribution in [0.2, 0.25) is 0 Å². The van der Waals surface area contributed by atoms with Crippen molar-refractivity contribution in [1.29, 1.82) is 0 Å². The first-order chi connectivity index (χ1) is 10.6. The molecule has 1 atom stereocenters. The van der Waals surface area contributed by atoms with E-state index in [0.717, 1.165) is 37.6 Å². The number of likely N-dealkylation sites (tertiary alicyclic amines) is 2. The largest absolute Gasteiger partial charge is 0.372 e. The highest BCUT2D eigenvalue weighted by Gasteiger charge is 2.47. The number of thiazole rings is 1. The lowest BCUT2D eigenvalue weighted by Gasteiger charge is -2.57. The van der Waals surface area contributed by atoms with Gasteiger partial charge in [0.1, 0.15) is 6.61 Å². The molecule has 1 aromatic heterocycles. The highest BCUT2D eigenvalue weighted by Crippen LogP contribution is 2.40. The Labute approximate surface area is 136 Å². The molecule has 22 heavy (non-hydrogen) atoms. The smallest absolute Gasteiger partial charge is 0.248 e. The molecule has 5 nitrogen and oxygen atoms in total. The standard InChI is InChI=1S/C16H25N3O2S/c1-3-21-11-15(20)18-7-4-5-16(12-18)6-8-19(16)10-14-9-17-13(2)22-14/h9H,3-8,10-12H2,1-2H3/t16-/m0/s1. The van der Waals surface area contributed by atoms with Gasteiger partial charge in [-0.2, -0.15) is 0 Å². The molecule has 0 aromatic carbocycles. The van der Waals surface area contributed by atoms with Crippen molar-refractivity contribution in [3.8, 4) is 0 Å². The second-order valence-corrected chi connectivity index (χ2v) is 7.62. The molecule has 122 valence electrons. The number of rotatable bonds is 5. The molecule has 0 N–H and O–H groups in total. The Balaban J connectivity index is 1.61. The molecule has 2 fully saturated rings. The van der Waals surface area contributed by atoms with Crippen molar-refractivity contribution in [3.63, 3.8) is 0 Å². The highest BCUT2D eigenvalue weighted by atomic mass is 32.1. The third-order valence-corrected chi connectivity index (χ3v) is 5.77. The van der Waals surface area contributed by atoms with Crippen LogP contribution in [-0.2, 0) is 16.1 Å². The number of carbonyl (C=O) groups is 1. The van der Waals surface area contributed by atoms with E-state index in [1.54, 1.807) is 11.3 Å². The fraction of sp³-hybridized carbons (Fsp3) is 0.750. The Kier molecular flexibility index (Phi) is 4.80. The molecule has 2 saturated heterocycles. The lowest BCUT2D eigenvalue weighted by Crippen LogP contribution is -2.67. The Morgan fingerprint density at radius 1 is 1.45 bits per heavy atom. The normalized spacial score (nSPS) is 25.5. The summed E-state index contributed by atoms with van der Waals surface area (Å²) in [7, 11) is 0. The molecule has 2 aliphatic heterocycles. The summed E-state index contributed by atoms with van der Waals surface area (Å²) in [5.41, 5.74) is 0.192. The number of ether oxygens (including phenoxy) is 1. The van der Waals surface area contributed by atoms with Gasteiger partial charge in [0.2, 0.25) is 5.91 Å². The second-order valence-electron chi connectivity index (χ2n) is 6.30. The molecule has 0 bridgehead atoms. The Morgan fingerprint density at radius 3 is 2.95 bits per heavy atom. The van der Waals surface area contributed by atoms with Gasteiger partial charge in [-0.1, -0.05) is 0 Å². The van der Waals surface area contributed by atoms with Crippen molar-refractivity contribution in [2.45, 2.75) is 45.2 Å². The average molecular weight is 323 g/mol. The summed E-state index contributed by atoms with van der Waals surface area (Å²) in [6.07, 6.45) is 5.48. The lowest BCUT2D eigenvalue weighted by atomic mass is 9.77. The van der Waals surface area contributed by atoms with E-state index in [-0.39, 0.29) is 18.1 Å². The quantitative estimate of drug-likeness (QED) is 0.832. The van der Waals surface area contributed by atoms with Gasteiger partial charge in [0, 0.05) is 49.4 Å². The summed E-state index contributed by atoms with van der Waals surface area (Å²) in [4.78, 5) is 22.4. The first-order valence-electron chi connectivity index (χ1n) is 8.15. The predicted molar refractivity (Wildman–Crippen MR) is 86.9 cm³/mol. The molecular formula is C16H25N3O2S. The van der Waals surface area contributed by atoms with Crippen molar-refractivity contribution in [2.24, 2.45) is 0 Å². The van der Waals surface area contributed by atoms with E-state index in [2.05, 4.69) is 16.8 Å². The van der Waals surface area contributed by atoms with Crippen LogP contribution >= 0.6 is 11.3 Å². The molecule has 1 spiro atoms. The van der Waals surface area contributed by atoms with Crippen LogP contribution in [0.3, 0.4) is 0 Å². The summed E-state index contributed by atoms with van der Waals surface area (Å²) in [6, 6.07) is 0. The monoisotopic (exact) mass is 323 g/mol. The van der Waals surface area contributed by atoms with Crippen molar-refractivity contribution in [2.75, 3.05) is 32.8 Å². The Bertz CT molecular complexity index is 533. The number of hydrogen-bond donors (Lipinski definition) is 0. The third kappa shape index (κ3) is 3.19. The van der Waals surface area contributed by atoms with Gasteiger partial charge < -0.3 is 9.64 Å². The predicted octanol–water partition coefficient (Wildman–Crippen LogP) is 2.05. The van der Waals surface area contributed by atoms with Crippen molar-refractivity contribution >= 4 is 17.2 Å². The molecule has 0 unspecified atom stereocenters. The minimum absolute atomic E-state index is 0.140. The van der Waals surface area contributed by atoms with Gasteiger partial charge in [-0.15, -0.1) is 11.3 Å². The Hall–Kier alpha value is -0.980. The molecule has 0 saturated carbocycles. The molecule has 2 aliphatic rings. The maximum Gasteiger partial charge on any atom is 0.248 e. The number of piperidine rings is 1. The summed E-state index contributed by atoms with van der Waals surface area (Å²) in [5, 5.41) is 1.13. The first-order valence-corrected chi connectivity index (χ1v) is 8.96. The zero-order valence-electron chi connectivity index (χ0n) is 13.5. The molecule has 6 heteroatoms. The number of carbonyl (C=O) groups excluding carboxylic acids is 1. The fourth-order valence-electron chi connectivity index (χ4n) is 3.57. The van der Waals surface area contributed by atoms with Crippen LogP contribution in [0.25, 0.3) is 0 Å². The van der Waals surface area contributed by atoms with Gasteiger partial charge in [0.05, 0.1) is 5.01 Å². The van der Waals surface area contributed by atoms with E-state index in [9.17, 15) is 4.79 Å². The van der Waals surface area contributed by atoms with Gasteiger partial charge in [-0.3, -0.25) is 9.69 Å². The molecular weight excluding hydrogens is 298 g/mol. The van der Waals surface area contributed by atoms with Gasteiger partial charge in [-0.05, 0) is 33.1 Å². The summed E-state index contributed by atoms with van der Waals surface area (Å²) in [6.45, 7) is 8.63. The number of nitrogens with zero attached hydrogens (tertiary/aromatic N) is 3. The molecule has 1 amide bonds. The average Bonchev–Trinajstić information content (AvgIpc) is 2.94. The van der Waals surface area contributed by atoms with Crippen LogP contribution in [0.15, 0.2) is 6.20 Å². The number of hydrogen-bond acceptors (Lipinski definition) is 5. The topological polar surface area (TPSA) is 45.7 Å². The molecule has 3 heterocycles. The highest BCUT2D eigenvalue weighted by molar-refractivity contribution is 7.11. The first kappa shape index (κ1) is 15.9. The van der Waals surface area contributed by atoms with Crippen LogP contribution in [0, 0.1) is 6.92 Å². The number of aryl methyl sites for hydroxylation is 1. The minimum atomic E-state index is 0.140. The van der Waals surface area contributed by atoms with Crippen LogP contribution in [0.1, 0.15) is 36.1 Å². The van der Waals surface area contributed by atoms with E-state index in [4.69, 9.17) is 4.74 Å². The van der Waals surface area contributed by atoms with Crippen molar-refractivity contribution in [1.82, 2.24) is 14.8 Å². The molecule has 1 aromatic rings. The molecule has 0 radical (unpaired) electrons. The molecule has 3 rings (SSSR count). The summed E-state index contributed by atoms with van der Waals surface area (Å²) < 4.78 is 5.28. The second kappa shape index (κ2) is 6.64. The van der Waals surface area contributed by atoms with Crippen LogP contribution in [0.5, 0.6) is 0 Å². The van der Waals surface area contributed by atoms with Crippen LogP contribution in [-0.4, -0.2) is 59.1 Å². The summed E-state index contributed by atoms with van der Waals surface area (Å²) in [5.74, 6) is 0.140. The lowest BCUT2D eigenvalue weighted by molar-refractivity contribution is -0.145. The van der Waals surface area contributed by atoms with E-state index in [1.165, 1.54) is 17.7 Å². The number of amides is 1. The maximum absolute atomic E-state index is 12.2. The number of aromatic nitrogens is 1.